The van der Waals surface area contributed by atoms with Crippen LogP contribution in [0.3, 0.4) is 0 Å². The lowest BCUT2D eigenvalue weighted by molar-refractivity contribution is 0.100. The number of aromatic nitrogens is 1. The van der Waals surface area contributed by atoms with Crippen LogP contribution in [-0.2, 0) is 9.73 Å². The second-order valence-electron chi connectivity index (χ2n) is 5.88. The third-order valence-corrected chi connectivity index (χ3v) is 5.80. The van der Waals surface area contributed by atoms with E-state index in [1.165, 1.54) is 18.5 Å². The first-order chi connectivity index (χ1) is 13.3. The van der Waals surface area contributed by atoms with E-state index in [0.717, 1.165) is 5.56 Å². The second kappa shape index (κ2) is 8.57. The number of amides is 1. The van der Waals surface area contributed by atoms with Crippen molar-refractivity contribution in [3.63, 3.8) is 0 Å². The van der Waals surface area contributed by atoms with Gasteiger partial charge < -0.3 is 0 Å². The molecule has 0 N–H and O–H groups in total. The highest BCUT2D eigenvalue weighted by molar-refractivity contribution is 7.93. The molecule has 1 unspecified atom stereocenters. The number of benzene rings is 2. The molecule has 1 heterocycles. The van der Waals surface area contributed by atoms with Crippen LogP contribution in [0.15, 0.2) is 76.2 Å². The lowest BCUT2D eigenvalue weighted by atomic mass is 10.2. The molecule has 28 heavy (non-hydrogen) atoms. The Balaban J connectivity index is 1.88. The van der Waals surface area contributed by atoms with Crippen LogP contribution in [-0.4, -0.2) is 21.4 Å². The fourth-order valence-electron chi connectivity index (χ4n) is 2.27. The topological polar surface area (TPSA) is 59.4 Å². The van der Waals surface area contributed by atoms with Crippen molar-refractivity contribution in [1.29, 1.82) is 0 Å². The average Bonchev–Trinajstić information content (AvgIpc) is 2.67. The number of nitrogens with zero attached hydrogens (tertiary/aromatic N) is 2. The molecule has 0 fully saturated rings. The molecule has 0 aliphatic carbocycles. The van der Waals surface area contributed by atoms with Gasteiger partial charge in [0.05, 0.1) is 15.3 Å². The van der Waals surface area contributed by atoms with Crippen molar-refractivity contribution < 1.29 is 9.00 Å². The summed E-state index contributed by atoms with van der Waals surface area (Å²) < 4.78 is 16.7. The van der Waals surface area contributed by atoms with Crippen LogP contribution in [0.4, 0.5) is 0 Å². The summed E-state index contributed by atoms with van der Waals surface area (Å²) in [4.78, 5) is 16.9. The maximum Gasteiger partial charge on any atom is 0.286 e. The summed E-state index contributed by atoms with van der Waals surface area (Å²) in [5.41, 5.74) is 1.53. The lowest BCUT2D eigenvalue weighted by Gasteiger charge is -2.04. The summed E-state index contributed by atoms with van der Waals surface area (Å²) in [6.07, 6.45) is 4.31. The van der Waals surface area contributed by atoms with Gasteiger partial charge in [0, 0.05) is 44.7 Å². The maximum atomic E-state index is 12.8. The number of hydrogen-bond donors (Lipinski definition) is 0. The van der Waals surface area contributed by atoms with Crippen molar-refractivity contribution in [3.8, 4) is 11.8 Å². The molecule has 7 heteroatoms. The van der Waals surface area contributed by atoms with Gasteiger partial charge in [0.1, 0.15) is 0 Å². The molecule has 0 aliphatic heterocycles. The predicted octanol–water partition coefficient (Wildman–Crippen LogP) is 5.09. The van der Waals surface area contributed by atoms with Crippen LogP contribution in [0, 0.1) is 11.8 Å². The van der Waals surface area contributed by atoms with E-state index in [4.69, 9.17) is 23.2 Å². The molecule has 1 amide bonds. The number of carbonyl (C=O) groups is 1. The quantitative estimate of drug-likeness (QED) is 0.534. The van der Waals surface area contributed by atoms with E-state index in [1.807, 2.05) is 0 Å². The van der Waals surface area contributed by atoms with Crippen molar-refractivity contribution in [1.82, 2.24) is 4.98 Å². The van der Waals surface area contributed by atoms with E-state index in [1.54, 1.807) is 54.7 Å². The summed E-state index contributed by atoms with van der Waals surface area (Å²) >= 11 is 11.8. The number of hydrogen-bond acceptors (Lipinski definition) is 3. The van der Waals surface area contributed by atoms with Gasteiger partial charge in [0.2, 0.25) is 0 Å². The van der Waals surface area contributed by atoms with Crippen molar-refractivity contribution in [2.24, 2.45) is 4.36 Å². The second-order valence-corrected chi connectivity index (χ2v) is 9.01. The monoisotopic (exact) mass is 428 g/mol. The minimum absolute atomic E-state index is 0.208. The van der Waals surface area contributed by atoms with Gasteiger partial charge >= 0.3 is 0 Å². The zero-order valence-corrected chi connectivity index (χ0v) is 17.1. The fourth-order valence-corrected chi connectivity index (χ4v) is 3.85. The van der Waals surface area contributed by atoms with Gasteiger partial charge in [-0.3, -0.25) is 9.78 Å². The van der Waals surface area contributed by atoms with Crippen LogP contribution in [0.25, 0.3) is 0 Å². The largest absolute Gasteiger partial charge is 0.286 e. The molecule has 3 rings (SSSR count). The molecular formula is C21H14Cl2N2O2S. The number of carbonyl (C=O) groups excluding carboxylic acids is 1. The molecule has 0 bridgehead atoms. The zero-order chi connectivity index (χ0) is 20.1. The zero-order valence-electron chi connectivity index (χ0n) is 14.7. The Morgan fingerprint density at radius 2 is 1.68 bits per heavy atom. The van der Waals surface area contributed by atoms with E-state index < -0.39 is 15.6 Å². The lowest BCUT2D eigenvalue weighted by Crippen LogP contribution is -2.04. The van der Waals surface area contributed by atoms with Crippen LogP contribution in [0.5, 0.6) is 0 Å². The fraction of sp³-hybridized carbons (Fsp3) is 0.0476. The van der Waals surface area contributed by atoms with E-state index >= 15 is 0 Å². The molecule has 2 aromatic carbocycles. The van der Waals surface area contributed by atoms with E-state index in [-0.39, 0.29) is 5.56 Å². The standard InChI is InChI=1S/C21H14Cl2N2O2S/c1-28(27,20-4-2-3-19(23)12-20)25-21(26)17-11-16(13-24-14-17)6-5-15-7-9-18(22)10-8-15/h2-4,7-14H,1H3. The van der Waals surface area contributed by atoms with Gasteiger partial charge in [-0.1, -0.05) is 41.1 Å². The Kier molecular flexibility index (Phi) is 6.15. The number of halogens is 2. The first-order valence-electron chi connectivity index (χ1n) is 8.08. The normalized spacial score (nSPS) is 12.4. The van der Waals surface area contributed by atoms with Gasteiger partial charge in [-0.25, -0.2) is 4.21 Å². The molecule has 3 aromatic rings. The van der Waals surface area contributed by atoms with Crippen molar-refractivity contribution in [3.05, 3.63) is 93.7 Å². The van der Waals surface area contributed by atoms with Crippen LogP contribution >= 0.6 is 23.2 Å². The summed E-state index contributed by atoms with van der Waals surface area (Å²) in [6.45, 7) is 0. The van der Waals surface area contributed by atoms with Crippen molar-refractivity contribution in [2.45, 2.75) is 4.90 Å². The Labute approximate surface area is 173 Å². The summed E-state index contributed by atoms with van der Waals surface area (Å²) in [5, 5.41) is 1.06. The molecule has 0 aliphatic rings. The minimum Gasteiger partial charge on any atom is -0.266 e. The van der Waals surface area contributed by atoms with E-state index in [9.17, 15) is 9.00 Å². The first-order valence-corrected chi connectivity index (χ1v) is 10.8. The molecule has 140 valence electrons. The SMILES string of the molecule is CS(=O)(=NC(=O)c1cncc(C#Cc2ccc(Cl)cc2)c1)c1cccc(Cl)c1. The molecule has 0 radical (unpaired) electrons. The molecule has 0 spiro atoms. The highest BCUT2D eigenvalue weighted by atomic mass is 35.5. The average molecular weight is 429 g/mol. The van der Waals surface area contributed by atoms with Gasteiger partial charge in [-0.05, 0) is 48.5 Å². The summed E-state index contributed by atoms with van der Waals surface area (Å²) in [7, 11) is -2.94. The molecule has 4 nitrogen and oxygen atoms in total. The van der Waals surface area contributed by atoms with Gasteiger partial charge in [-0.15, -0.1) is 0 Å². The molecular weight excluding hydrogens is 415 g/mol. The molecule has 1 atom stereocenters. The van der Waals surface area contributed by atoms with E-state index in [0.29, 0.717) is 20.5 Å². The van der Waals surface area contributed by atoms with Crippen molar-refractivity contribution in [2.75, 3.05) is 6.26 Å². The Bertz CT molecular complexity index is 1220. The predicted molar refractivity (Wildman–Crippen MR) is 112 cm³/mol. The van der Waals surface area contributed by atoms with Crippen LogP contribution in [0.1, 0.15) is 21.5 Å². The smallest absolute Gasteiger partial charge is 0.266 e. The van der Waals surface area contributed by atoms with Gasteiger partial charge in [0.25, 0.3) is 5.91 Å². The molecule has 0 saturated carbocycles. The minimum atomic E-state index is -2.94. The highest BCUT2D eigenvalue weighted by Gasteiger charge is 2.12. The first kappa shape index (κ1) is 20.1. The van der Waals surface area contributed by atoms with Gasteiger partial charge in [0.15, 0.2) is 0 Å². The Morgan fingerprint density at radius 1 is 0.964 bits per heavy atom. The number of pyridine rings is 1. The molecule has 0 saturated heterocycles. The third-order valence-electron chi connectivity index (χ3n) is 3.67. The summed E-state index contributed by atoms with van der Waals surface area (Å²) in [5.74, 6) is 5.28. The summed E-state index contributed by atoms with van der Waals surface area (Å²) in [6, 6.07) is 15.1. The van der Waals surface area contributed by atoms with Crippen LogP contribution < -0.4 is 0 Å². The Hall–Kier alpha value is -2.65. The molecule has 1 aromatic heterocycles. The van der Waals surface area contributed by atoms with Crippen molar-refractivity contribution >= 4 is 38.8 Å². The Morgan fingerprint density at radius 3 is 2.39 bits per heavy atom. The maximum absolute atomic E-state index is 12.8. The van der Waals surface area contributed by atoms with Gasteiger partial charge in [-0.2, -0.15) is 4.36 Å². The third kappa shape index (κ3) is 5.20. The number of rotatable bonds is 2. The van der Waals surface area contributed by atoms with Crippen LogP contribution in [0.2, 0.25) is 10.0 Å². The van der Waals surface area contributed by atoms with E-state index in [2.05, 4.69) is 21.2 Å². The highest BCUT2D eigenvalue weighted by Crippen LogP contribution is 2.18.